The van der Waals surface area contributed by atoms with Crippen molar-refractivity contribution in [2.45, 2.75) is 0 Å². The first-order valence-electron chi connectivity index (χ1n) is 2.69. The van der Waals surface area contributed by atoms with Gasteiger partial charge in [-0.05, 0) is 0 Å². The third kappa shape index (κ3) is 1.34. The molecule has 6 heteroatoms. The zero-order valence-corrected chi connectivity index (χ0v) is 5.34. The van der Waals surface area contributed by atoms with Gasteiger partial charge >= 0.3 is 17.8 Å². The van der Waals surface area contributed by atoms with Crippen LogP contribution in [0.3, 0.4) is 0 Å². The summed E-state index contributed by atoms with van der Waals surface area (Å²) in [4.78, 5) is 9.39. The smallest absolute Gasteiger partial charge is 0.414 e. The fourth-order valence-electron chi connectivity index (χ4n) is 0.579. The lowest BCUT2D eigenvalue weighted by atomic mass is 10.4. The van der Waals surface area contributed by atoms with Crippen molar-refractivity contribution in [3.8, 4) is 5.88 Å². The lowest BCUT2D eigenvalue weighted by Crippen LogP contribution is -2.29. The summed E-state index contributed by atoms with van der Waals surface area (Å²) in [5.74, 6) is -0.449. The van der Waals surface area contributed by atoms with Crippen molar-refractivity contribution in [2.24, 2.45) is 0 Å². The molecule has 1 rings (SSSR count). The Labute approximate surface area is 61.1 Å². The molecule has 0 unspecified atom stereocenters. The minimum atomic E-state index is -0.674. The van der Waals surface area contributed by atoms with Crippen LogP contribution in [0.5, 0.6) is 5.88 Å². The summed E-state index contributed by atoms with van der Waals surface area (Å²) in [6.45, 7) is 0. The molecule has 1 heterocycles. The van der Waals surface area contributed by atoms with E-state index in [0.29, 0.717) is 0 Å². The minimum absolute atomic E-state index is 0.276. The molecule has 0 saturated carbocycles. The maximum Gasteiger partial charge on any atom is 0.414 e. The fourth-order valence-corrected chi connectivity index (χ4v) is 0.579. The van der Waals surface area contributed by atoms with E-state index in [-0.39, 0.29) is 10.4 Å². The molecule has 1 aromatic rings. The van der Waals surface area contributed by atoms with Gasteiger partial charge in [0.2, 0.25) is 0 Å². The van der Waals surface area contributed by atoms with Crippen LogP contribution in [0.2, 0.25) is 0 Å². The van der Waals surface area contributed by atoms with E-state index in [2.05, 4.69) is 0 Å². The van der Waals surface area contributed by atoms with Crippen molar-refractivity contribution < 1.29 is 20.0 Å². The highest BCUT2D eigenvalue weighted by molar-refractivity contribution is 5.24. The maximum atomic E-state index is 10.1. The average Bonchev–Trinajstić information content (AvgIpc) is 1.94. The van der Waals surface area contributed by atoms with Gasteiger partial charge in [-0.1, -0.05) is 0 Å². The van der Waals surface area contributed by atoms with Gasteiger partial charge < -0.3 is 5.11 Å². The number of aromatic hydroxyl groups is 1. The predicted molar refractivity (Wildman–Crippen MR) is 32.1 cm³/mol. The molecule has 0 fully saturated rings. The number of rotatable bonds is 1. The Morgan fingerprint density at radius 2 is 2.18 bits per heavy atom. The van der Waals surface area contributed by atoms with E-state index in [1.807, 2.05) is 0 Å². The molecule has 0 amide bonds. The quantitative estimate of drug-likeness (QED) is 0.256. The Hall–Kier alpha value is -1.85. The van der Waals surface area contributed by atoms with Crippen molar-refractivity contribution in [2.75, 3.05) is 0 Å². The molecule has 0 aliphatic rings. The summed E-state index contributed by atoms with van der Waals surface area (Å²) in [6.07, 6.45) is 0.801. The molecule has 0 spiro atoms. The van der Waals surface area contributed by atoms with Gasteiger partial charge in [0.05, 0.1) is 15.7 Å². The second-order valence-corrected chi connectivity index (χ2v) is 1.85. The molecule has 0 bridgehead atoms. The first-order chi connectivity index (χ1) is 5.11. The fraction of sp³-hybridized carbons (Fsp3) is 0. The van der Waals surface area contributed by atoms with Crippen LogP contribution in [0.1, 0.15) is 0 Å². The molecule has 0 atom stereocenters. The lowest BCUT2D eigenvalue weighted by molar-refractivity contribution is -0.907. The van der Waals surface area contributed by atoms with Crippen molar-refractivity contribution >= 4 is 5.69 Å². The highest BCUT2D eigenvalue weighted by atomic mass is 16.6. The summed E-state index contributed by atoms with van der Waals surface area (Å²) in [5.41, 5.74) is -0.287. The zero-order valence-electron chi connectivity index (χ0n) is 5.34. The monoisotopic (exact) mass is 157 g/mol. The standard InChI is InChI=1S/C5H4N2O4/c8-5-2-1-4(7(10)11)3-6(5)9/h1-3,9H/p+1. The summed E-state index contributed by atoms with van der Waals surface area (Å²) in [7, 11) is 0. The number of aromatic nitrogens is 1. The van der Waals surface area contributed by atoms with E-state index >= 15 is 0 Å². The van der Waals surface area contributed by atoms with Crippen molar-refractivity contribution in [3.63, 3.8) is 0 Å². The van der Waals surface area contributed by atoms with Crippen molar-refractivity contribution in [3.05, 3.63) is 28.4 Å². The average molecular weight is 157 g/mol. The zero-order chi connectivity index (χ0) is 8.43. The SMILES string of the molecule is O=[N+]([O-])c1ccc(O)[n+](O)c1. The minimum Gasteiger partial charge on any atom is -0.457 e. The van der Waals surface area contributed by atoms with Gasteiger partial charge in [-0.2, -0.15) is 0 Å². The highest BCUT2D eigenvalue weighted by Gasteiger charge is 2.15. The van der Waals surface area contributed by atoms with Gasteiger partial charge in [0, 0.05) is 6.07 Å². The summed E-state index contributed by atoms with van der Waals surface area (Å²) < 4.78 is 0.276. The molecular weight excluding hydrogens is 152 g/mol. The Morgan fingerprint density at radius 1 is 1.55 bits per heavy atom. The Morgan fingerprint density at radius 3 is 2.64 bits per heavy atom. The topological polar surface area (TPSA) is 87.5 Å². The maximum absolute atomic E-state index is 10.1. The third-order valence-electron chi connectivity index (χ3n) is 1.10. The summed E-state index contributed by atoms with van der Waals surface area (Å²) >= 11 is 0. The molecule has 0 aromatic carbocycles. The van der Waals surface area contributed by atoms with Crippen LogP contribution in [-0.4, -0.2) is 15.2 Å². The lowest BCUT2D eigenvalue weighted by Gasteiger charge is -1.87. The van der Waals surface area contributed by atoms with Crippen LogP contribution >= 0.6 is 0 Å². The first-order valence-corrected chi connectivity index (χ1v) is 2.69. The predicted octanol–water partition coefficient (Wildman–Crippen LogP) is -0.175. The molecule has 6 nitrogen and oxygen atoms in total. The van der Waals surface area contributed by atoms with Crippen LogP contribution in [0.25, 0.3) is 0 Å². The molecule has 0 aliphatic heterocycles. The molecule has 0 aliphatic carbocycles. The number of pyridine rings is 1. The van der Waals surface area contributed by atoms with Crippen LogP contribution in [0, 0.1) is 10.1 Å². The molecule has 11 heavy (non-hydrogen) atoms. The number of hydrogen-bond donors (Lipinski definition) is 2. The molecule has 0 saturated heterocycles. The van der Waals surface area contributed by atoms with E-state index in [1.54, 1.807) is 0 Å². The second kappa shape index (κ2) is 2.41. The van der Waals surface area contributed by atoms with E-state index in [1.165, 1.54) is 0 Å². The van der Waals surface area contributed by atoms with Crippen LogP contribution in [0.4, 0.5) is 5.69 Å². The Balaban J connectivity index is 3.15. The number of hydrogen-bond acceptors (Lipinski definition) is 4. The highest BCUT2D eigenvalue weighted by Crippen LogP contribution is 2.09. The van der Waals surface area contributed by atoms with Crippen molar-refractivity contribution in [1.82, 2.24) is 0 Å². The van der Waals surface area contributed by atoms with Gasteiger partial charge in [0.25, 0.3) is 0 Å². The first kappa shape index (κ1) is 7.26. The van der Waals surface area contributed by atoms with Gasteiger partial charge in [0.15, 0.2) is 0 Å². The van der Waals surface area contributed by atoms with Crippen LogP contribution in [0.15, 0.2) is 18.3 Å². The summed E-state index contributed by atoms with van der Waals surface area (Å²) in [6, 6.07) is 2.11. The van der Waals surface area contributed by atoms with E-state index in [9.17, 15) is 10.1 Å². The molecule has 2 N–H and O–H groups in total. The van der Waals surface area contributed by atoms with Gasteiger partial charge in [-0.15, -0.1) is 0 Å². The van der Waals surface area contributed by atoms with Crippen LogP contribution < -0.4 is 4.73 Å². The number of nitro groups is 1. The normalized spacial score (nSPS) is 9.45. The van der Waals surface area contributed by atoms with Gasteiger partial charge in [0.1, 0.15) is 0 Å². The van der Waals surface area contributed by atoms with Crippen molar-refractivity contribution in [1.29, 1.82) is 0 Å². The van der Waals surface area contributed by atoms with E-state index in [0.717, 1.165) is 18.3 Å². The second-order valence-electron chi connectivity index (χ2n) is 1.85. The molecule has 1 aromatic heterocycles. The van der Waals surface area contributed by atoms with Crippen LogP contribution in [-0.2, 0) is 0 Å². The third-order valence-corrected chi connectivity index (χ3v) is 1.10. The van der Waals surface area contributed by atoms with E-state index < -0.39 is 10.8 Å². The Bertz CT molecular complexity index is 299. The molecule has 58 valence electrons. The number of nitrogens with zero attached hydrogens (tertiary/aromatic N) is 2. The van der Waals surface area contributed by atoms with E-state index in [4.69, 9.17) is 10.3 Å². The molecule has 0 radical (unpaired) electrons. The van der Waals surface area contributed by atoms with Gasteiger partial charge in [-0.25, -0.2) is 0 Å². The van der Waals surface area contributed by atoms with Gasteiger partial charge in [-0.3, -0.25) is 15.3 Å². The Kier molecular flexibility index (Phi) is 1.59. The largest absolute Gasteiger partial charge is 0.457 e. The summed E-state index contributed by atoms with van der Waals surface area (Å²) in [5, 5.41) is 27.5. The molecular formula is C5H5N2O4+.